The standard InChI is InChI=1S/C14H20N4S2/c1-3-10-12(11-9-19-13(16-11)15-4-2)20-14(17-10)18-7-5-6-8-18/h9H,3-8H2,1-2H3,(H,15,16). The van der Waals surface area contributed by atoms with E-state index in [1.54, 1.807) is 22.7 Å². The number of rotatable bonds is 5. The molecule has 1 N–H and O–H groups in total. The molecule has 0 atom stereocenters. The van der Waals surface area contributed by atoms with Crippen LogP contribution >= 0.6 is 22.7 Å². The maximum Gasteiger partial charge on any atom is 0.186 e. The molecular weight excluding hydrogens is 288 g/mol. The summed E-state index contributed by atoms with van der Waals surface area (Å²) in [5.74, 6) is 0. The fourth-order valence-corrected chi connectivity index (χ4v) is 4.45. The highest BCUT2D eigenvalue weighted by Gasteiger charge is 2.20. The second-order valence-electron chi connectivity index (χ2n) is 4.89. The van der Waals surface area contributed by atoms with Gasteiger partial charge >= 0.3 is 0 Å². The van der Waals surface area contributed by atoms with Gasteiger partial charge in [0.15, 0.2) is 10.3 Å². The molecule has 0 spiro atoms. The van der Waals surface area contributed by atoms with Gasteiger partial charge in [-0.1, -0.05) is 18.3 Å². The molecule has 2 aromatic heterocycles. The SMILES string of the molecule is CCNc1nc(-c2sc(N3CCCC3)nc2CC)cs1. The maximum absolute atomic E-state index is 4.83. The predicted molar refractivity (Wildman–Crippen MR) is 88.2 cm³/mol. The number of thiazole rings is 2. The van der Waals surface area contributed by atoms with Crippen LogP contribution in [0.4, 0.5) is 10.3 Å². The van der Waals surface area contributed by atoms with Gasteiger partial charge in [-0.05, 0) is 26.2 Å². The maximum atomic E-state index is 4.83. The molecule has 1 saturated heterocycles. The summed E-state index contributed by atoms with van der Waals surface area (Å²) in [4.78, 5) is 13.2. The number of aryl methyl sites for hydroxylation is 1. The average molecular weight is 308 g/mol. The molecule has 6 heteroatoms. The largest absolute Gasteiger partial charge is 0.362 e. The Morgan fingerprint density at radius 2 is 2.05 bits per heavy atom. The Hall–Kier alpha value is -1.14. The van der Waals surface area contributed by atoms with Crippen molar-refractivity contribution in [2.75, 3.05) is 29.9 Å². The van der Waals surface area contributed by atoms with E-state index in [9.17, 15) is 0 Å². The monoisotopic (exact) mass is 308 g/mol. The van der Waals surface area contributed by atoms with Crippen molar-refractivity contribution < 1.29 is 0 Å². The van der Waals surface area contributed by atoms with Gasteiger partial charge in [-0.2, -0.15) is 0 Å². The van der Waals surface area contributed by atoms with E-state index in [2.05, 4.69) is 34.4 Å². The van der Waals surface area contributed by atoms with Crippen molar-refractivity contribution in [1.82, 2.24) is 9.97 Å². The number of anilines is 2. The van der Waals surface area contributed by atoms with E-state index in [1.165, 1.54) is 28.5 Å². The van der Waals surface area contributed by atoms with E-state index < -0.39 is 0 Å². The van der Waals surface area contributed by atoms with Gasteiger partial charge < -0.3 is 10.2 Å². The van der Waals surface area contributed by atoms with Gasteiger partial charge in [0.05, 0.1) is 16.3 Å². The number of hydrogen-bond acceptors (Lipinski definition) is 6. The molecule has 3 heterocycles. The minimum absolute atomic E-state index is 0.912. The van der Waals surface area contributed by atoms with Crippen LogP contribution in [0.5, 0.6) is 0 Å². The van der Waals surface area contributed by atoms with Crippen LogP contribution in [0.1, 0.15) is 32.4 Å². The quantitative estimate of drug-likeness (QED) is 0.910. The first-order valence-electron chi connectivity index (χ1n) is 7.26. The van der Waals surface area contributed by atoms with E-state index in [4.69, 9.17) is 4.98 Å². The van der Waals surface area contributed by atoms with Crippen molar-refractivity contribution in [2.24, 2.45) is 0 Å². The molecule has 0 radical (unpaired) electrons. The fraction of sp³-hybridized carbons (Fsp3) is 0.571. The van der Waals surface area contributed by atoms with Crippen molar-refractivity contribution in [2.45, 2.75) is 33.1 Å². The van der Waals surface area contributed by atoms with Crippen molar-refractivity contribution in [3.8, 4) is 10.6 Å². The molecule has 20 heavy (non-hydrogen) atoms. The summed E-state index contributed by atoms with van der Waals surface area (Å²) in [6, 6.07) is 0. The topological polar surface area (TPSA) is 41.1 Å². The van der Waals surface area contributed by atoms with Crippen LogP contribution in [-0.2, 0) is 6.42 Å². The molecule has 3 rings (SSSR count). The van der Waals surface area contributed by atoms with E-state index in [1.807, 2.05) is 0 Å². The van der Waals surface area contributed by atoms with Crippen molar-refractivity contribution in [1.29, 1.82) is 0 Å². The summed E-state index contributed by atoms with van der Waals surface area (Å²) in [5, 5.41) is 7.59. The van der Waals surface area contributed by atoms with Crippen molar-refractivity contribution >= 4 is 32.9 Å². The first kappa shape index (κ1) is 13.8. The first-order valence-corrected chi connectivity index (χ1v) is 8.95. The average Bonchev–Trinajstić information content (AvgIpc) is 3.18. The van der Waals surface area contributed by atoms with Crippen LogP contribution in [0.25, 0.3) is 10.6 Å². The molecule has 0 bridgehead atoms. The Kier molecular flexibility index (Phi) is 4.21. The van der Waals surface area contributed by atoms with Crippen molar-refractivity contribution in [3.05, 3.63) is 11.1 Å². The fourth-order valence-electron chi connectivity index (χ4n) is 2.43. The molecule has 1 fully saturated rings. The summed E-state index contributed by atoms with van der Waals surface area (Å²) < 4.78 is 0. The predicted octanol–water partition coefficient (Wildman–Crippen LogP) is 3.86. The Morgan fingerprint density at radius 3 is 2.75 bits per heavy atom. The number of aromatic nitrogens is 2. The molecule has 0 saturated carbocycles. The van der Waals surface area contributed by atoms with Crippen LogP contribution in [0.15, 0.2) is 5.38 Å². The normalized spacial score (nSPS) is 15.0. The molecule has 1 aliphatic heterocycles. The summed E-state index contributed by atoms with van der Waals surface area (Å²) in [5.41, 5.74) is 2.26. The zero-order valence-corrected chi connectivity index (χ0v) is 13.6. The second-order valence-corrected chi connectivity index (χ2v) is 6.72. The lowest BCUT2D eigenvalue weighted by molar-refractivity contribution is 0.941. The van der Waals surface area contributed by atoms with Crippen LogP contribution in [0.2, 0.25) is 0 Å². The van der Waals surface area contributed by atoms with E-state index in [-0.39, 0.29) is 0 Å². The second kappa shape index (κ2) is 6.10. The van der Waals surface area contributed by atoms with Gasteiger partial charge in [-0.25, -0.2) is 9.97 Å². The van der Waals surface area contributed by atoms with Crippen LogP contribution < -0.4 is 10.2 Å². The molecule has 0 aliphatic carbocycles. The lowest BCUT2D eigenvalue weighted by Crippen LogP contribution is -2.17. The third-order valence-corrected chi connectivity index (χ3v) is 5.44. The van der Waals surface area contributed by atoms with Crippen LogP contribution in [0, 0.1) is 0 Å². The van der Waals surface area contributed by atoms with Gasteiger partial charge in [0.2, 0.25) is 0 Å². The van der Waals surface area contributed by atoms with Gasteiger partial charge in [0.25, 0.3) is 0 Å². The molecule has 1 aliphatic rings. The summed E-state index contributed by atoms with van der Waals surface area (Å²) in [7, 11) is 0. The molecule has 0 unspecified atom stereocenters. The molecule has 0 aromatic carbocycles. The molecular formula is C14H20N4S2. The Bertz CT molecular complexity index is 569. The first-order chi connectivity index (χ1) is 9.81. The zero-order chi connectivity index (χ0) is 13.9. The zero-order valence-electron chi connectivity index (χ0n) is 12.0. The molecule has 108 valence electrons. The lowest BCUT2D eigenvalue weighted by Gasteiger charge is -2.12. The van der Waals surface area contributed by atoms with Gasteiger partial charge in [0, 0.05) is 25.0 Å². The molecule has 0 amide bonds. The van der Waals surface area contributed by atoms with Gasteiger partial charge in [-0.15, -0.1) is 11.3 Å². The molecule has 4 nitrogen and oxygen atoms in total. The Labute approximate surface area is 127 Å². The van der Waals surface area contributed by atoms with Crippen LogP contribution in [0.3, 0.4) is 0 Å². The lowest BCUT2D eigenvalue weighted by atomic mass is 10.2. The minimum Gasteiger partial charge on any atom is -0.362 e. The highest BCUT2D eigenvalue weighted by atomic mass is 32.1. The summed E-state index contributed by atoms with van der Waals surface area (Å²) >= 11 is 3.47. The number of hydrogen-bond donors (Lipinski definition) is 1. The Balaban J connectivity index is 1.90. The van der Waals surface area contributed by atoms with E-state index in [0.717, 1.165) is 36.9 Å². The minimum atomic E-state index is 0.912. The van der Waals surface area contributed by atoms with Gasteiger partial charge in [-0.3, -0.25) is 0 Å². The van der Waals surface area contributed by atoms with E-state index in [0.29, 0.717) is 0 Å². The number of nitrogens with one attached hydrogen (secondary N) is 1. The highest BCUT2D eigenvalue weighted by Crippen LogP contribution is 2.37. The molecule has 2 aromatic rings. The van der Waals surface area contributed by atoms with Crippen molar-refractivity contribution in [3.63, 3.8) is 0 Å². The Morgan fingerprint density at radius 1 is 1.25 bits per heavy atom. The van der Waals surface area contributed by atoms with Crippen LogP contribution in [-0.4, -0.2) is 29.6 Å². The summed E-state index contributed by atoms with van der Waals surface area (Å²) in [6.07, 6.45) is 3.54. The summed E-state index contributed by atoms with van der Waals surface area (Å²) in [6.45, 7) is 7.47. The number of nitrogens with zero attached hydrogens (tertiary/aromatic N) is 3. The smallest absolute Gasteiger partial charge is 0.186 e. The third kappa shape index (κ3) is 2.67. The van der Waals surface area contributed by atoms with Gasteiger partial charge in [0.1, 0.15) is 0 Å². The highest BCUT2D eigenvalue weighted by molar-refractivity contribution is 7.19. The third-order valence-electron chi connectivity index (χ3n) is 3.46. The van der Waals surface area contributed by atoms with E-state index >= 15 is 0 Å².